The van der Waals surface area contributed by atoms with Crippen LogP contribution < -0.4 is 19.7 Å². The number of anilines is 2. The number of hydrogen-bond donors (Lipinski definition) is 1. The van der Waals surface area contributed by atoms with Crippen LogP contribution in [0.3, 0.4) is 0 Å². The van der Waals surface area contributed by atoms with E-state index >= 15 is 0 Å². The summed E-state index contributed by atoms with van der Waals surface area (Å²) in [6, 6.07) is 19.3. The number of amides is 3. The lowest BCUT2D eigenvalue weighted by Gasteiger charge is -2.40. The van der Waals surface area contributed by atoms with Crippen LogP contribution in [0, 0.1) is 6.92 Å². The molecule has 0 saturated heterocycles. The molecule has 9 nitrogen and oxygen atoms in total. The van der Waals surface area contributed by atoms with Crippen LogP contribution in [0.5, 0.6) is 11.5 Å². The first-order valence-corrected chi connectivity index (χ1v) is 13.0. The first kappa shape index (κ1) is 28.4. The van der Waals surface area contributed by atoms with Crippen molar-refractivity contribution in [3.05, 3.63) is 83.4 Å². The van der Waals surface area contributed by atoms with Crippen LogP contribution in [0.1, 0.15) is 41.8 Å². The number of aryl methyl sites for hydroxylation is 1. The molecule has 1 atom stereocenters. The zero-order valence-corrected chi connectivity index (χ0v) is 23.3. The second-order valence-corrected chi connectivity index (χ2v) is 9.85. The first-order valence-electron chi connectivity index (χ1n) is 13.0. The third-order valence-electron chi connectivity index (χ3n) is 7.36. The average Bonchev–Trinajstić information content (AvgIpc) is 3.21. The van der Waals surface area contributed by atoms with Crippen LogP contribution in [-0.4, -0.2) is 54.7 Å². The molecule has 4 rings (SSSR count). The third-order valence-corrected chi connectivity index (χ3v) is 7.36. The number of nitrogens with zero attached hydrogens (tertiary/aromatic N) is 2. The van der Waals surface area contributed by atoms with Crippen LogP contribution in [0.2, 0.25) is 0 Å². The Bertz CT molecular complexity index is 1450. The summed E-state index contributed by atoms with van der Waals surface area (Å²) < 4.78 is 10.7. The standard InChI is InChI=1S/C31H33N3O6/c1-6-31(3,30(38)32-24-16-15-22(39-4)17-26(24)40-5)34(18-21-13-11-20(2)12-14-21)27(35)19-33-25-10-8-7-9-23(25)28(36)29(33)37/h7-17H,6,18-19H2,1-5H3,(H,32,38). The average molecular weight is 544 g/mol. The molecule has 1 aliphatic heterocycles. The number of ether oxygens (including phenoxy) is 2. The highest BCUT2D eigenvalue weighted by molar-refractivity contribution is 6.52. The zero-order valence-electron chi connectivity index (χ0n) is 23.3. The highest BCUT2D eigenvalue weighted by Gasteiger charge is 2.43. The molecule has 0 aliphatic carbocycles. The minimum atomic E-state index is -1.32. The van der Waals surface area contributed by atoms with Gasteiger partial charge in [0.25, 0.3) is 11.7 Å². The van der Waals surface area contributed by atoms with Crippen LogP contribution >= 0.6 is 0 Å². The van der Waals surface area contributed by atoms with Gasteiger partial charge in [0, 0.05) is 12.6 Å². The number of carbonyl (C=O) groups excluding carboxylic acids is 4. The summed E-state index contributed by atoms with van der Waals surface area (Å²) in [4.78, 5) is 55.9. The summed E-state index contributed by atoms with van der Waals surface area (Å²) in [5.74, 6) is -1.36. The van der Waals surface area contributed by atoms with E-state index in [2.05, 4.69) is 5.32 Å². The Balaban J connectivity index is 1.69. The van der Waals surface area contributed by atoms with E-state index in [1.807, 2.05) is 38.1 Å². The van der Waals surface area contributed by atoms with Gasteiger partial charge in [-0.2, -0.15) is 0 Å². The van der Waals surface area contributed by atoms with Gasteiger partial charge < -0.3 is 19.7 Å². The lowest BCUT2D eigenvalue weighted by molar-refractivity contribution is -0.145. The van der Waals surface area contributed by atoms with Crippen molar-refractivity contribution >= 4 is 34.9 Å². The summed E-state index contributed by atoms with van der Waals surface area (Å²) >= 11 is 0. The molecular weight excluding hydrogens is 510 g/mol. The van der Waals surface area contributed by atoms with Gasteiger partial charge in [-0.25, -0.2) is 0 Å². The van der Waals surface area contributed by atoms with Crippen LogP contribution in [-0.2, 0) is 20.9 Å². The van der Waals surface area contributed by atoms with Gasteiger partial charge in [-0.15, -0.1) is 0 Å². The number of methoxy groups -OCH3 is 2. The second kappa shape index (κ2) is 11.6. The molecule has 9 heteroatoms. The highest BCUT2D eigenvalue weighted by Crippen LogP contribution is 2.33. The van der Waals surface area contributed by atoms with Crippen molar-refractivity contribution < 1.29 is 28.7 Å². The maximum Gasteiger partial charge on any atom is 0.299 e. The minimum Gasteiger partial charge on any atom is -0.497 e. The monoisotopic (exact) mass is 543 g/mol. The Labute approximate surface area is 233 Å². The van der Waals surface area contributed by atoms with Gasteiger partial charge in [-0.1, -0.05) is 48.9 Å². The Morgan fingerprint density at radius 1 is 0.975 bits per heavy atom. The van der Waals surface area contributed by atoms with Crippen molar-refractivity contribution in [2.75, 3.05) is 31.0 Å². The predicted molar refractivity (Wildman–Crippen MR) is 152 cm³/mol. The number of Topliss-reactive ketones (excluding diaryl/α,β-unsaturated/α-hetero) is 1. The number of hydrogen-bond acceptors (Lipinski definition) is 6. The second-order valence-electron chi connectivity index (χ2n) is 9.85. The molecule has 0 spiro atoms. The normalized spacial score (nSPS) is 13.9. The van der Waals surface area contributed by atoms with Crippen molar-refractivity contribution in [3.63, 3.8) is 0 Å². The fourth-order valence-electron chi connectivity index (χ4n) is 4.67. The van der Waals surface area contributed by atoms with Crippen molar-refractivity contribution in [2.24, 2.45) is 0 Å². The van der Waals surface area contributed by atoms with E-state index in [-0.39, 0.29) is 25.1 Å². The minimum absolute atomic E-state index is 0.119. The van der Waals surface area contributed by atoms with Crippen molar-refractivity contribution in [3.8, 4) is 11.5 Å². The van der Waals surface area contributed by atoms with Gasteiger partial charge in [-0.05, 0) is 50.1 Å². The molecule has 0 radical (unpaired) electrons. The maximum absolute atomic E-state index is 14.0. The van der Waals surface area contributed by atoms with Gasteiger partial charge in [-0.3, -0.25) is 24.1 Å². The molecule has 1 N–H and O–H groups in total. The van der Waals surface area contributed by atoms with Crippen LogP contribution in [0.4, 0.5) is 11.4 Å². The Kier molecular flexibility index (Phi) is 8.23. The number of ketones is 1. The molecule has 0 saturated carbocycles. The summed E-state index contributed by atoms with van der Waals surface area (Å²) in [6.07, 6.45) is 0.276. The molecular formula is C31H33N3O6. The quantitative estimate of drug-likeness (QED) is 0.381. The summed E-state index contributed by atoms with van der Waals surface area (Å²) in [5.41, 5.74) is 1.61. The van der Waals surface area contributed by atoms with Crippen LogP contribution in [0.15, 0.2) is 66.7 Å². The van der Waals surface area contributed by atoms with E-state index in [0.29, 0.717) is 22.9 Å². The molecule has 208 valence electrons. The zero-order chi connectivity index (χ0) is 29.0. The van der Waals surface area contributed by atoms with Crippen LogP contribution in [0.25, 0.3) is 0 Å². The number of para-hydroxylation sites is 1. The number of benzene rings is 3. The van der Waals surface area contributed by atoms with E-state index in [1.54, 1.807) is 49.4 Å². The number of carbonyl (C=O) groups is 4. The number of fused-ring (bicyclic) bond motifs is 1. The maximum atomic E-state index is 14.0. The van der Waals surface area contributed by atoms with Gasteiger partial charge in [0.2, 0.25) is 11.8 Å². The lowest BCUT2D eigenvalue weighted by atomic mass is 9.93. The Hall–Kier alpha value is -4.66. The van der Waals surface area contributed by atoms with Gasteiger partial charge >= 0.3 is 0 Å². The molecule has 1 heterocycles. The molecule has 3 aromatic carbocycles. The summed E-state index contributed by atoms with van der Waals surface area (Å²) in [6.45, 7) is 5.21. The number of rotatable bonds is 10. The summed E-state index contributed by atoms with van der Waals surface area (Å²) in [5, 5.41) is 2.91. The van der Waals surface area contributed by atoms with E-state index in [4.69, 9.17) is 9.47 Å². The molecule has 1 unspecified atom stereocenters. The SMILES string of the molecule is CCC(C)(C(=O)Nc1ccc(OC)cc1OC)N(Cc1ccc(C)cc1)C(=O)CN1C(=O)C(=O)c2ccccc21. The lowest BCUT2D eigenvalue weighted by Crippen LogP contribution is -2.58. The van der Waals surface area contributed by atoms with Crippen molar-refractivity contribution in [1.29, 1.82) is 0 Å². The smallest absolute Gasteiger partial charge is 0.299 e. The first-order chi connectivity index (χ1) is 19.1. The molecule has 0 aromatic heterocycles. The van der Waals surface area contributed by atoms with Gasteiger partial charge in [0.15, 0.2) is 0 Å². The van der Waals surface area contributed by atoms with E-state index in [9.17, 15) is 19.2 Å². The predicted octanol–water partition coefficient (Wildman–Crippen LogP) is 4.38. The van der Waals surface area contributed by atoms with E-state index < -0.39 is 29.0 Å². The molecule has 0 bridgehead atoms. The molecule has 1 aliphatic rings. The third kappa shape index (κ3) is 5.40. The Morgan fingerprint density at radius 3 is 2.33 bits per heavy atom. The van der Waals surface area contributed by atoms with Gasteiger partial charge in [0.1, 0.15) is 23.6 Å². The van der Waals surface area contributed by atoms with E-state index in [1.165, 1.54) is 24.0 Å². The molecule has 3 amide bonds. The highest BCUT2D eigenvalue weighted by atomic mass is 16.5. The van der Waals surface area contributed by atoms with Gasteiger partial charge in [0.05, 0.1) is 31.2 Å². The largest absolute Gasteiger partial charge is 0.497 e. The topological polar surface area (TPSA) is 105 Å². The molecule has 0 fully saturated rings. The Morgan fingerprint density at radius 2 is 1.68 bits per heavy atom. The fraction of sp³-hybridized carbons (Fsp3) is 0.290. The number of nitrogens with one attached hydrogen (secondary N) is 1. The molecule has 40 heavy (non-hydrogen) atoms. The van der Waals surface area contributed by atoms with E-state index in [0.717, 1.165) is 11.1 Å². The molecule has 3 aromatic rings. The van der Waals surface area contributed by atoms with Crippen molar-refractivity contribution in [1.82, 2.24) is 4.90 Å². The fourth-order valence-corrected chi connectivity index (χ4v) is 4.67. The summed E-state index contributed by atoms with van der Waals surface area (Å²) in [7, 11) is 3.02. The van der Waals surface area contributed by atoms with Crippen molar-refractivity contribution in [2.45, 2.75) is 39.3 Å².